The summed E-state index contributed by atoms with van der Waals surface area (Å²) < 4.78 is 5.06. The largest absolute Gasteiger partial charge is 0.380 e. The summed E-state index contributed by atoms with van der Waals surface area (Å²) in [5.41, 5.74) is 7.65. The molecule has 1 aromatic carbocycles. The van der Waals surface area contributed by atoms with Crippen LogP contribution in [0.2, 0.25) is 0 Å². The Labute approximate surface area is 76.5 Å². The van der Waals surface area contributed by atoms with Gasteiger partial charge in [-0.25, -0.2) is 0 Å². The Balaban J connectivity index is 2.50. The standard InChI is InChI=1S/C10H12N2O/c1-2-3-7-4-5-8-9(6-7)13-12-10(8)11/h4-6H,2-3H2,1H3,(H2,11,12). The monoisotopic (exact) mass is 176 g/mol. The Morgan fingerprint density at radius 3 is 3.08 bits per heavy atom. The topological polar surface area (TPSA) is 52.0 Å². The average molecular weight is 176 g/mol. The van der Waals surface area contributed by atoms with Crippen molar-refractivity contribution in [2.24, 2.45) is 0 Å². The number of anilines is 1. The fraction of sp³-hybridized carbons (Fsp3) is 0.300. The second-order valence-electron chi connectivity index (χ2n) is 3.15. The third-order valence-electron chi connectivity index (χ3n) is 2.10. The molecule has 0 bridgehead atoms. The summed E-state index contributed by atoms with van der Waals surface area (Å²) >= 11 is 0. The van der Waals surface area contributed by atoms with E-state index in [1.165, 1.54) is 5.56 Å². The SMILES string of the molecule is CCCc1ccc2c(N)noc2c1. The summed E-state index contributed by atoms with van der Waals surface area (Å²) in [5.74, 6) is 0.470. The molecule has 2 N–H and O–H groups in total. The van der Waals surface area contributed by atoms with Gasteiger partial charge in [-0.3, -0.25) is 0 Å². The molecular weight excluding hydrogens is 164 g/mol. The molecule has 0 atom stereocenters. The minimum absolute atomic E-state index is 0.470. The number of nitrogens with two attached hydrogens (primary N) is 1. The molecule has 1 aromatic heterocycles. The van der Waals surface area contributed by atoms with E-state index < -0.39 is 0 Å². The van der Waals surface area contributed by atoms with Gasteiger partial charge in [0.25, 0.3) is 0 Å². The number of benzene rings is 1. The van der Waals surface area contributed by atoms with Gasteiger partial charge in [-0.15, -0.1) is 0 Å². The Hall–Kier alpha value is -1.51. The fourth-order valence-corrected chi connectivity index (χ4v) is 1.45. The first-order chi connectivity index (χ1) is 6.31. The fourth-order valence-electron chi connectivity index (χ4n) is 1.45. The maximum atomic E-state index is 5.60. The van der Waals surface area contributed by atoms with E-state index in [-0.39, 0.29) is 0 Å². The Bertz CT molecular complexity index is 420. The van der Waals surface area contributed by atoms with E-state index in [0.29, 0.717) is 5.82 Å². The molecule has 0 spiro atoms. The zero-order chi connectivity index (χ0) is 9.26. The maximum absolute atomic E-state index is 5.60. The van der Waals surface area contributed by atoms with Crippen molar-refractivity contribution in [2.45, 2.75) is 19.8 Å². The molecule has 3 heteroatoms. The lowest BCUT2D eigenvalue weighted by Gasteiger charge is -1.96. The van der Waals surface area contributed by atoms with Crippen LogP contribution in [0.1, 0.15) is 18.9 Å². The van der Waals surface area contributed by atoms with Crippen LogP contribution in [0.25, 0.3) is 11.0 Å². The van der Waals surface area contributed by atoms with Crippen LogP contribution < -0.4 is 5.73 Å². The third kappa shape index (κ3) is 1.37. The van der Waals surface area contributed by atoms with Gasteiger partial charge in [-0.2, -0.15) is 0 Å². The van der Waals surface area contributed by atoms with E-state index in [2.05, 4.69) is 18.1 Å². The highest BCUT2D eigenvalue weighted by atomic mass is 16.5. The predicted octanol–water partition coefficient (Wildman–Crippen LogP) is 2.36. The number of hydrogen-bond donors (Lipinski definition) is 1. The van der Waals surface area contributed by atoms with Crippen molar-refractivity contribution in [2.75, 3.05) is 5.73 Å². The van der Waals surface area contributed by atoms with Crippen LogP contribution in [0.5, 0.6) is 0 Å². The molecule has 1 heterocycles. The predicted molar refractivity (Wildman–Crippen MR) is 52.4 cm³/mol. The molecule has 0 aliphatic rings. The zero-order valence-electron chi connectivity index (χ0n) is 7.58. The number of aryl methyl sites for hydroxylation is 1. The molecule has 0 unspecified atom stereocenters. The van der Waals surface area contributed by atoms with Crippen LogP contribution >= 0.6 is 0 Å². The Morgan fingerprint density at radius 2 is 2.31 bits per heavy atom. The zero-order valence-corrected chi connectivity index (χ0v) is 7.58. The minimum atomic E-state index is 0.470. The summed E-state index contributed by atoms with van der Waals surface area (Å²) in [6, 6.07) is 6.04. The summed E-state index contributed by atoms with van der Waals surface area (Å²) in [6.07, 6.45) is 2.20. The highest BCUT2D eigenvalue weighted by molar-refractivity contribution is 5.87. The molecule has 2 aromatic rings. The normalized spacial score (nSPS) is 10.8. The molecule has 0 radical (unpaired) electrons. The van der Waals surface area contributed by atoms with Crippen molar-refractivity contribution in [3.8, 4) is 0 Å². The summed E-state index contributed by atoms with van der Waals surface area (Å²) in [5, 5.41) is 4.60. The second-order valence-corrected chi connectivity index (χ2v) is 3.15. The van der Waals surface area contributed by atoms with Gasteiger partial charge in [-0.1, -0.05) is 24.6 Å². The Kier molecular flexibility index (Phi) is 1.93. The summed E-state index contributed by atoms with van der Waals surface area (Å²) in [7, 11) is 0. The van der Waals surface area contributed by atoms with E-state index in [4.69, 9.17) is 10.3 Å². The van der Waals surface area contributed by atoms with Crippen LogP contribution in [-0.4, -0.2) is 5.16 Å². The number of rotatable bonds is 2. The van der Waals surface area contributed by atoms with Gasteiger partial charge in [-0.05, 0) is 24.1 Å². The molecule has 0 saturated heterocycles. The van der Waals surface area contributed by atoms with Gasteiger partial charge in [0, 0.05) is 0 Å². The van der Waals surface area contributed by atoms with Crippen LogP contribution in [-0.2, 0) is 6.42 Å². The van der Waals surface area contributed by atoms with Gasteiger partial charge >= 0.3 is 0 Å². The number of nitrogens with zero attached hydrogens (tertiary/aromatic N) is 1. The number of hydrogen-bond acceptors (Lipinski definition) is 3. The second kappa shape index (κ2) is 3.09. The minimum Gasteiger partial charge on any atom is -0.380 e. The average Bonchev–Trinajstić information content (AvgIpc) is 2.48. The summed E-state index contributed by atoms with van der Waals surface area (Å²) in [4.78, 5) is 0. The molecule has 0 aliphatic carbocycles. The molecule has 13 heavy (non-hydrogen) atoms. The molecule has 0 saturated carbocycles. The first kappa shape index (κ1) is 8.10. The van der Waals surface area contributed by atoms with E-state index in [0.717, 1.165) is 23.8 Å². The van der Waals surface area contributed by atoms with E-state index in [1.54, 1.807) is 0 Å². The molecule has 0 fully saturated rings. The Morgan fingerprint density at radius 1 is 1.46 bits per heavy atom. The van der Waals surface area contributed by atoms with Crippen molar-refractivity contribution in [3.05, 3.63) is 23.8 Å². The van der Waals surface area contributed by atoms with Crippen molar-refractivity contribution >= 4 is 16.8 Å². The maximum Gasteiger partial charge on any atom is 0.174 e. The molecular formula is C10H12N2O. The smallest absolute Gasteiger partial charge is 0.174 e. The van der Waals surface area contributed by atoms with Gasteiger partial charge in [0.05, 0.1) is 5.39 Å². The lowest BCUT2D eigenvalue weighted by Crippen LogP contribution is -1.84. The van der Waals surface area contributed by atoms with Gasteiger partial charge in [0.2, 0.25) is 0 Å². The molecule has 2 rings (SSSR count). The van der Waals surface area contributed by atoms with Crippen LogP contribution in [0.15, 0.2) is 22.7 Å². The number of aromatic nitrogens is 1. The lowest BCUT2D eigenvalue weighted by molar-refractivity contribution is 0.460. The van der Waals surface area contributed by atoms with Crippen LogP contribution in [0.4, 0.5) is 5.82 Å². The third-order valence-corrected chi connectivity index (χ3v) is 2.10. The van der Waals surface area contributed by atoms with Crippen molar-refractivity contribution in [3.63, 3.8) is 0 Å². The van der Waals surface area contributed by atoms with E-state index in [1.807, 2.05) is 12.1 Å². The number of fused-ring (bicyclic) bond motifs is 1. The first-order valence-corrected chi connectivity index (χ1v) is 4.45. The number of nitrogen functional groups attached to an aromatic ring is 1. The highest BCUT2D eigenvalue weighted by Gasteiger charge is 2.04. The molecule has 68 valence electrons. The van der Waals surface area contributed by atoms with Gasteiger partial charge < -0.3 is 10.3 Å². The molecule has 3 nitrogen and oxygen atoms in total. The van der Waals surface area contributed by atoms with Gasteiger partial charge in [0.15, 0.2) is 11.4 Å². The lowest BCUT2D eigenvalue weighted by atomic mass is 10.1. The van der Waals surface area contributed by atoms with Crippen LogP contribution in [0, 0.1) is 0 Å². The molecule has 0 aliphatic heterocycles. The quantitative estimate of drug-likeness (QED) is 0.764. The van der Waals surface area contributed by atoms with Gasteiger partial charge in [0.1, 0.15) is 0 Å². The van der Waals surface area contributed by atoms with E-state index in [9.17, 15) is 0 Å². The first-order valence-electron chi connectivity index (χ1n) is 4.45. The van der Waals surface area contributed by atoms with Crippen LogP contribution in [0.3, 0.4) is 0 Å². The van der Waals surface area contributed by atoms with Crippen molar-refractivity contribution in [1.29, 1.82) is 0 Å². The van der Waals surface area contributed by atoms with E-state index >= 15 is 0 Å². The summed E-state index contributed by atoms with van der Waals surface area (Å²) in [6.45, 7) is 2.15. The molecule has 0 amide bonds. The van der Waals surface area contributed by atoms with Crippen molar-refractivity contribution in [1.82, 2.24) is 5.16 Å². The van der Waals surface area contributed by atoms with Crippen molar-refractivity contribution < 1.29 is 4.52 Å². The highest BCUT2D eigenvalue weighted by Crippen LogP contribution is 2.21.